The van der Waals surface area contributed by atoms with Gasteiger partial charge in [-0.25, -0.2) is 9.97 Å². The molecule has 0 saturated heterocycles. The number of nitrogens with one attached hydrogen (secondary N) is 1. The van der Waals surface area contributed by atoms with E-state index in [9.17, 15) is 5.11 Å². The molecule has 0 saturated carbocycles. The lowest BCUT2D eigenvalue weighted by molar-refractivity contribution is 0.282. The summed E-state index contributed by atoms with van der Waals surface area (Å²) in [4.78, 5) is 12.6. The quantitative estimate of drug-likeness (QED) is 0.774. The van der Waals surface area contributed by atoms with E-state index in [1.54, 1.807) is 0 Å². The normalized spacial score (nSPS) is 11.2. The Morgan fingerprint density at radius 3 is 2.62 bits per heavy atom. The van der Waals surface area contributed by atoms with Crippen molar-refractivity contribution in [2.45, 2.75) is 33.8 Å². The minimum atomic E-state index is 0.0301. The van der Waals surface area contributed by atoms with Gasteiger partial charge in [-0.1, -0.05) is 19.1 Å². The van der Waals surface area contributed by atoms with E-state index >= 15 is 0 Å². The van der Waals surface area contributed by atoms with E-state index in [2.05, 4.69) is 29.9 Å². The number of imidazole rings is 1. The third-order valence-electron chi connectivity index (χ3n) is 3.77. The van der Waals surface area contributed by atoms with Crippen LogP contribution in [-0.2, 0) is 13.0 Å². The van der Waals surface area contributed by atoms with Gasteiger partial charge in [-0.05, 0) is 37.1 Å². The molecule has 0 unspecified atom stereocenters. The molecule has 0 fully saturated rings. The van der Waals surface area contributed by atoms with Crippen molar-refractivity contribution in [3.05, 3.63) is 46.9 Å². The van der Waals surface area contributed by atoms with E-state index in [1.165, 1.54) is 5.56 Å². The number of aliphatic hydroxyl groups excluding tert-OH is 1. The van der Waals surface area contributed by atoms with Crippen LogP contribution < -0.4 is 0 Å². The Labute approximate surface area is 123 Å². The van der Waals surface area contributed by atoms with Crippen LogP contribution in [0.3, 0.4) is 0 Å². The van der Waals surface area contributed by atoms with Crippen LogP contribution in [-0.4, -0.2) is 20.1 Å². The van der Waals surface area contributed by atoms with E-state index in [0.29, 0.717) is 0 Å². The number of benzene rings is 1. The maximum Gasteiger partial charge on any atom is 0.110 e. The highest BCUT2D eigenvalue weighted by Crippen LogP contribution is 2.26. The summed E-state index contributed by atoms with van der Waals surface area (Å²) in [5.41, 5.74) is 5.77. The summed E-state index contributed by atoms with van der Waals surface area (Å²) >= 11 is 0. The van der Waals surface area contributed by atoms with E-state index < -0.39 is 0 Å². The number of pyridine rings is 1. The summed E-state index contributed by atoms with van der Waals surface area (Å²) in [6, 6.07) is 7.96. The van der Waals surface area contributed by atoms with Gasteiger partial charge >= 0.3 is 0 Å². The van der Waals surface area contributed by atoms with E-state index in [-0.39, 0.29) is 6.61 Å². The molecule has 0 aliphatic heterocycles. The average molecular weight is 281 g/mol. The molecule has 0 bridgehead atoms. The molecule has 4 heteroatoms. The van der Waals surface area contributed by atoms with Crippen molar-refractivity contribution in [3.8, 4) is 11.4 Å². The van der Waals surface area contributed by atoms with Crippen LogP contribution in [0.15, 0.2) is 24.3 Å². The van der Waals surface area contributed by atoms with Gasteiger partial charge in [0, 0.05) is 17.5 Å². The first kappa shape index (κ1) is 13.8. The van der Waals surface area contributed by atoms with E-state index in [1.807, 2.05) is 25.1 Å². The first-order valence-electron chi connectivity index (χ1n) is 7.19. The van der Waals surface area contributed by atoms with Crippen molar-refractivity contribution in [2.75, 3.05) is 0 Å². The zero-order valence-electron chi connectivity index (χ0n) is 12.6. The molecule has 4 nitrogen and oxygen atoms in total. The maximum absolute atomic E-state index is 9.29. The lowest BCUT2D eigenvalue weighted by Gasteiger charge is -2.07. The second-order valence-electron chi connectivity index (χ2n) is 5.34. The van der Waals surface area contributed by atoms with Crippen LogP contribution in [0.4, 0.5) is 0 Å². The number of rotatable bonds is 3. The van der Waals surface area contributed by atoms with Gasteiger partial charge < -0.3 is 10.1 Å². The minimum Gasteiger partial charge on any atom is -0.392 e. The van der Waals surface area contributed by atoms with Crippen molar-refractivity contribution >= 4 is 10.9 Å². The zero-order chi connectivity index (χ0) is 15.0. The summed E-state index contributed by atoms with van der Waals surface area (Å²) < 4.78 is 0. The Morgan fingerprint density at radius 2 is 1.95 bits per heavy atom. The van der Waals surface area contributed by atoms with E-state index in [0.717, 1.165) is 45.8 Å². The monoisotopic (exact) mass is 281 g/mol. The first-order chi connectivity index (χ1) is 10.1. The average Bonchev–Trinajstić information content (AvgIpc) is 2.87. The number of hydrogen-bond donors (Lipinski definition) is 2. The fourth-order valence-electron chi connectivity index (χ4n) is 2.61. The van der Waals surface area contributed by atoms with Gasteiger partial charge in [-0.2, -0.15) is 0 Å². The molecule has 108 valence electrons. The third-order valence-corrected chi connectivity index (χ3v) is 3.77. The summed E-state index contributed by atoms with van der Waals surface area (Å²) in [6.07, 6.45) is 0.877. The molecule has 0 aliphatic rings. The predicted molar refractivity (Wildman–Crippen MR) is 84.1 cm³/mol. The van der Waals surface area contributed by atoms with E-state index in [4.69, 9.17) is 4.98 Å². The summed E-state index contributed by atoms with van der Waals surface area (Å²) in [5, 5.41) is 10.4. The molecular weight excluding hydrogens is 262 g/mol. The number of aryl methyl sites for hydroxylation is 3. The van der Waals surface area contributed by atoms with Gasteiger partial charge in [-0.15, -0.1) is 0 Å². The van der Waals surface area contributed by atoms with Gasteiger partial charge in [0.2, 0.25) is 0 Å². The summed E-state index contributed by atoms with van der Waals surface area (Å²) in [6.45, 7) is 6.21. The van der Waals surface area contributed by atoms with Crippen LogP contribution in [0.1, 0.15) is 29.6 Å². The Hall–Kier alpha value is -2.20. The topological polar surface area (TPSA) is 61.8 Å². The van der Waals surface area contributed by atoms with Crippen LogP contribution in [0, 0.1) is 13.8 Å². The van der Waals surface area contributed by atoms with Crippen molar-refractivity contribution in [3.63, 3.8) is 0 Å². The molecule has 1 aromatic carbocycles. The maximum atomic E-state index is 9.29. The molecule has 2 aromatic heterocycles. The van der Waals surface area contributed by atoms with Crippen molar-refractivity contribution in [2.24, 2.45) is 0 Å². The Morgan fingerprint density at radius 1 is 1.14 bits per heavy atom. The highest BCUT2D eigenvalue weighted by molar-refractivity contribution is 5.85. The molecule has 2 N–H and O–H groups in total. The lowest BCUT2D eigenvalue weighted by Crippen LogP contribution is -1.92. The van der Waals surface area contributed by atoms with Crippen LogP contribution in [0.25, 0.3) is 22.3 Å². The summed E-state index contributed by atoms with van der Waals surface area (Å²) in [5.74, 6) is 0.978. The largest absolute Gasteiger partial charge is 0.392 e. The summed E-state index contributed by atoms with van der Waals surface area (Å²) in [7, 11) is 0. The van der Waals surface area contributed by atoms with Crippen LogP contribution >= 0.6 is 0 Å². The predicted octanol–water partition coefficient (Wildman–Crippen LogP) is 3.30. The molecule has 0 atom stereocenters. The highest BCUT2D eigenvalue weighted by Gasteiger charge is 2.12. The van der Waals surface area contributed by atoms with Crippen LogP contribution in [0.2, 0.25) is 0 Å². The van der Waals surface area contributed by atoms with Crippen molar-refractivity contribution in [1.82, 2.24) is 15.0 Å². The molecule has 0 amide bonds. The highest BCUT2D eigenvalue weighted by atomic mass is 16.3. The number of nitrogens with zero attached hydrogens (tertiary/aromatic N) is 2. The minimum absolute atomic E-state index is 0.0301. The molecule has 21 heavy (non-hydrogen) atoms. The smallest absolute Gasteiger partial charge is 0.110 e. The Kier molecular flexibility index (Phi) is 3.47. The molecule has 3 aromatic rings. The molecular formula is C17H19N3O. The van der Waals surface area contributed by atoms with Gasteiger partial charge in [0.1, 0.15) is 11.5 Å². The molecule has 0 radical (unpaired) electrons. The second-order valence-corrected chi connectivity index (χ2v) is 5.34. The molecule has 2 heterocycles. The first-order valence-corrected chi connectivity index (χ1v) is 7.19. The molecule has 0 aliphatic carbocycles. The number of hydrogen-bond acceptors (Lipinski definition) is 3. The zero-order valence-corrected chi connectivity index (χ0v) is 12.6. The fourth-order valence-corrected chi connectivity index (χ4v) is 2.61. The number of H-pyrrole nitrogens is 1. The molecule has 0 spiro atoms. The third kappa shape index (κ3) is 2.43. The number of fused-ring (bicyclic) bond motifs is 1. The Balaban J connectivity index is 2.20. The van der Waals surface area contributed by atoms with Gasteiger partial charge in [0.05, 0.1) is 17.8 Å². The van der Waals surface area contributed by atoms with Gasteiger partial charge in [0.15, 0.2) is 0 Å². The van der Waals surface area contributed by atoms with Crippen molar-refractivity contribution in [1.29, 1.82) is 0 Å². The van der Waals surface area contributed by atoms with Crippen LogP contribution in [0.5, 0.6) is 0 Å². The Bertz CT molecular complexity index is 805. The van der Waals surface area contributed by atoms with Gasteiger partial charge in [0.25, 0.3) is 0 Å². The number of aliphatic hydroxyl groups is 1. The van der Waals surface area contributed by atoms with Gasteiger partial charge in [-0.3, -0.25) is 0 Å². The number of aromatic nitrogens is 3. The molecule has 3 rings (SSSR count). The van der Waals surface area contributed by atoms with Crippen molar-refractivity contribution < 1.29 is 5.11 Å². The lowest BCUT2D eigenvalue weighted by atomic mass is 10.1. The SMILES string of the molecule is CCc1nc(-c2cc(C)c3ccc(CO)cc3n2)c(C)[nH]1. The standard InChI is InChI=1S/C17H19N3O/c1-4-16-18-11(3)17(20-16)15-7-10(2)13-6-5-12(9-21)8-14(13)19-15/h5-8,21H,4,9H2,1-3H3,(H,18,20). The second kappa shape index (κ2) is 5.30. The fraction of sp³-hybridized carbons (Fsp3) is 0.294. The number of aromatic amines is 1.